The molecule has 36 heavy (non-hydrogen) atoms. The third-order valence-electron chi connectivity index (χ3n) is 5.43. The number of hydrogen-bond acceptors (Lipinski definition) is 8. The number of carbonyl (C=O) groups excluding carboxylic acids is 1. The maximum Gasteiger partial charge on any atom is 0.419 e. The van der Waals surface area contributed by atoms with Gasteiger partial charge in [-0.3, -0.25) is 15.1 Å². The van der Waals surface area contributed by atoms with Gasteiger partial charge in [0.05, 0.1) is 36.5 Å². The number of halogens is 4. The van der Waals surface area contributed by atoms with Crippen molar-refractivity contribution in [2.75, 3.05) is 25.6 Å². The van der Waals surface area contributed by atoms with E-state index in [0.29, 0.717) is 30.0 Å². The molecule has 192 valence electrons. The van der Waals surface area contributed by atoms with Crippen molar-refractivity contribution in [3.63, 3.8) is 0 Å². The molecular formula is C23H22F4N4O4S. The Labute approximate surface area is 207 Å². The van der Waals surface area contributed by atoms with Crippen molar-refractivity contribution in [2.45, 2.75) is 38.7 Å². The van der Waals surface area contributed by atoms with Gasteiger partial charge in [-0.1, -0.05) is 11.3 Å². The van der Waals surface area contributed by atoms with Crippen molar-refractivity contribution in [3.8, 4) is 16.9 Å². The van der Waals surface area contributed by atoms with Gasteiger partial charge < -0.3 is 14.2 Å². The summed E-state index contributed by atoms with van der Waals surface area (Å²) in [6.07, 6.45) is -2.04. The quantitative estimate of drug-likeness (QED) is 0.432. The molecule has 8 nitrogen and oxygen atoms in total. The zero-order valence-electron chi connectivity index (χ0n) is 19.3. The molecule has 1 unspecified atom stereocenters. The number of ether oxygens (including phenoxy) is 3. The fourth-order valence-corrected chi connectivity index (χ4v) is 4.36. The SMILES string of the molecule is COc1ccc(C(F)(F)F)c(F)c1-c1cc(C)ncc1C(=O)Nc1nnc(COC2CCCOC2)s1. The lowest BCUT2D eigenvalue weighted by Crippen LogP contribution is -2.25. The predicted octanol–water partition coefficient (Wildman–Crippen LogP) is 5.02. The maximum absolute atomic E-state index is 15.2. The summed E-state index contributed by atoms with van der Waals surface area (Å²) in [7, 11) is 1.20. The lowest BCUT2D eigenvalue weighted by Gasteiger charge is -2.21. The molecule has 1 aromatic carbocycles. The topological polar surface area (TPSA) is 95.5 Å². The molecule has 3 aromatic rings. The maximum atomic E-state index is 15.2. The molecule has 0 saturated carbocycles. The standard InChI is InChI=1S/C23H22F4N4O4S/c1-12-8-14(19-17(33-2)6-5-16(20(19)24)23(25,26)27)15(9-28-12)21(32)29-22-31-30-18(36-22)11-35-13-4-3-7-34-10-13/h5-6,8-9,13H,3-4,7,10-11H2,1-2H3,(H,29,31,32). The molecular weight excluding hydrogens is 504 g/mol. The summed E-state index contributed by atoms with van der Waals surface area (Å²) in [4.78, 5) is 17.1. The average molecular weight is 527 g/mol. The molecule has 1 aliphatic heterocycles. The van der Waals surface area contributed by atoms with Crippen LogP contribution in [-0.2, 0) is 22.3 Å². The summed E-state index contributed by atoms with van der Waals surface area (Å²) < 4.78 is 71.5. The van der Waals surface area contributed by atoms with E-state index >= 15 is 4.39 Å². The smallest absolute Gasteiger partial charge is 0.419 e. The first-order valence-corrected chi connectivity index (χ1v) is 11.7. The van der Waals surface area contributed by atoms with Gasteiger partial charge in [0.1, 0.15) is 23.2 Å². The summed E-state index contributed by atoms with van der Waals surface area (Å²) in [5, 5.41) is 11.1. The molecule has 1 N–H and O–H groups in total. The molecule has 1 aliphatic rings. The molecule has 0 aliphatic carbocycles. The van der Waals surface area contributed by atoms with Crippen LogP contribution in [0, 0.1) is 12.7 Å². The average Bonchev–Trinajstić information content (AvgIpc) is 3.29. The lowest BCUT2D eigenvalue weighted by atomic mass is 9.96. The number of benzene rings is 1. The van der Waals surface area contributed by atoms with Crippen LogP contribution in [0.25, 0.3) is 11.1 Å². The molecule has 1 saturated heterocycles. The van der Waals surface area contributed by atoms with Crippen LogP contribution in [-0.4, -0.2) is 47.5 Å². The summed E-state index contributed by atoms with van der Waals surface area (Å²) in [6, 6.07) is 2.92. The molecule has 0 bridgehead atoms. The number of rotatable bonds is 7. The number of hydrogen-bond donors (Lipinski definition) is 1. The lowest BCUT2D eigenvalue weighted by molar-refractivity contribution is -0.139. The first-order valence-electron chi connectivity index (χ1n) is 10.9. The van der Waals surface area contributed by atoms with E-state index in [-0.39, 0.29) is 34.7 Å². The van der Waals surface area contributed by atoms with Gasteiger partial charge in [-0.25, -0.2) is 4.39 Å². The number of carbonyl (C=O) groups is 1. The van der Waals surface area contributed by atoms with Crippen LogP contribution in [0.15, 0.2) is 24.4 Å². The minimum atomic E-state index is -4.94. The first-order chi connectivity index (χ1) is 17.2. The zero-order valence-corrected chi connectivity index (χ0v) is 20.1. The predicted molar refractivity (Wildman–Crippen MR) is 122 cm³/mol. The van der Waals surface area contributed by atoms with Gasteiger partial charge in [-0.05, 0) is 38.0 Å². The van der Waals surface area contributed by atoms with E-state index in [4.69, 9.17) is 14.2 Å². The van der Waals surface area contributed by atoms with E-state index in [1.54, 1.807) is 6.92 Å². The van der Waals surface area contributed by atoms with E-state index in [1.165, 1.54) is 13.2 Å². The number of pyridine rings is 1. The van der Waals surface area contributed by atoms with Crippen molar-refractivity contribution in [3.05, 3.63) is 52.0 Å². The molecule has 2 aromatic heterocycles. The largest absolute Gasteiger partial charge is 0.496 e. The van der Waals surface area contributed by atoms with Gasteiger partial charge in [-0.15, -0.1) is 10.2 Å². The highest BCUT2D eigenvalue weighted by atomic mass is 32.1. The summed E-state index contributed by atoms with van der Waals surface area (Å²) in [5.74, 6) is -2.47. The van der Waals surface area contributed by atoms with Crippen LogP contribution < -0.4 is 10.1 Å². The highest BCUT2D eigenvalue weighted by Gasteiger charge is 2.37. The van der Waals surface area contributed by atoms with E-state index in [1.807, 2.05) is 0 Å². The second kappa shape index (κ2) is 10.8. The number of aromatic nitrogens is 3. The molecule has 3 heterocycles. The van der Waals surface area contributed by atoms with E-state index in [0.717, 1.165) is 36.4 Å². The molecule has 13 heteroatoms. The Balaban J connectivity index is 1.60. The number of alkyl halides is 3. The van der Waals surface area contributed by atoms with E-state index < -0.39 is 29.0 Å². The highest BCUT2D eigenvalue weighted by molar-refractivity contribution is 7.15. The third-order valence-corrected chi connectivity index (χ3v) is 6.24. The van der Waals surface area contributed by atoms with Gasteiger partial charge in [-0.2, -0.15) is 13.2 Å². The zero-order chi connectivity index (χ0) is 25.9. The fourth-order valence-electron chi connectivity index (χ4n) is 3.70. The van der Waals surface area contributed by atoms with Gasteiger partial charge in [0.25, 0.3) is 5.91 Å². The molecule has 1 amide bonds. The van der Waals surface area contributed by atoms with Crippen molar-refractivity contribution in [2.24, 2.45) is 0 Å². The van der Waals surface area contributed by atoms with Gasteiger partial charge in [0.15, 0.2) is 0 Å². The molecule has 0 radical (unpaired) electrons. The Bertz CT molecular complexity index is 1250. The number of methoxy groups -OCH3 is 1. The van der Waals surface area contributed by atoms with Gasteiger partial charge >= 0.3 is 6.18 Å². The monoisotopic (exact) mass is 526 g/mol. The second-order valence-corrected chi connectivity index (χ2v) is 9.04. The Hall–Kier alpha value is -3.16. The number of anilines is 1. The Morgan fingerprint density at radius 3 is 2.81 bits per heavy atom. The van der Waals surface area contributed by atoms with Crippen molar-refractivity contribution >= 4 is 22.4 Å². The summed E-state index contributed by atoms with van der Waals surface area (Å²) in [6.45, 7) is 2.96. The van der Waals surface area contributed by atoms with Crippen LogP contribution in [0.1, 0.15) is 39.5 Å². The van der Waals surface area contributed by atoms with Crippen molar-refractivity contribution < 1.29 is 36.6 Å². The Kier molecular flexibility index (Phi) is 7.81. The highest BCUT2D eigenvalue weighted by Crippen LogP contribution is 2.41. The van der Waals surface area contributed by atoms with Crippen molar-refractivity contribution in [1.29, 1.82) is 0 Å². The van der Waals surface area contributed by atoms with Gasteiger partial charge in [0.2, 0.25) is 5.13 Å². The molecule has 4 rings (SSSR count). The second-order valence-electron chi connectivity index (χ2n) is 7.98. The first kappa shape index (κ1) is 25.9. The van der Waals surface area contributed by atoms with E-state index in [9.17, 15) is 18.0 Å². The number of aryl methyl sites for hydroxylation is 1. The van der Waals surface area contributed by atoms with Gasteiger partial charge in [0, 0.05) is 24.1 Å². The van der Waals surface area contributed by atoms with E-state index in [2.05, 4.69) is 20.5 Å². The Morgan fingerprint density at radius 1 is 1.31 bits per heavy atom. The molecule has 1 fully saturated rings. The minimum absolute atomic E-state index is 0.0424. The third kappa shape index (κ3) is 5.79. The number of nitrogens with zero attached hydrogens (tertiary/aromatic N) is 3. The summed E-state index contributed by atoms with van der Waals surface area (Å²) in [5.41, 5.74) is -1.88. The minimum Gasteiger partial charge on any atom is -0.496 e. The van der Waals surface area contributed by atoms with Crippen LogP contribution in [0.3, 0.4) is 0 Å². The van der Waals surface area contributed by atoms with Crippen molar-refractivity contribution in [1.82, 2.24) is 15.2 Å². The number of amides is 1. The molecule has 1 atom stereocenters. The Morgan fingerprint density at radius 2 is 2.11 bits per heavy atom. The van der Waals surface area contributed by atoms with Crippen LogP contribution in [0.4, 0.5) is 22.7 Å². The van der Waals surface area contributed by atoms with Crippen LogP contribution in [0.5, 0.6) is 5.75 Å². The fraction of sp³-hybridized carbons (Fsp3) is 0.391. The van der Waals surface area contributed by atoms with Crippen LogP contribution in [0.2, 0.25) is 0 Å². The normalized spacial score (nSPS) is 16.1. The number of nitrogens with one attached hydrogen (secondary N) is 1. The summed E-state index contributed by atoms with van der Waals surface area (Å²) >= 11 is 1.08. The molecule has 0 spiro atoms. The van der Waals surface area contributed by atoms with Crippen LogP contribution >= 0.6 is 11.3 Å².